The van der Waals surface area contributed by atoms with E-state index in [0.29, 0.717) is 33.2 Å². The van der Waals surface area contributed by atoms with Crippen LogP contribution in [-0.4, -0.2) is 18.0 Å². The van der Waals surface area contributed by atoms with Crippen LogP contribution in [0.15, 0.2) is 4.42 Å². The fraction of sp³-hybridized carbons (Fsp3) is 0.476. The van der Waals surface area contributed by atoms with Crippen LogP contribution in [-0.2, 0) is 22.4 Å². The van der Waals surface area contributed by atoms with Gasteiger partial charge in [0.25, 0.3) is 5.91 Å². The Morgan fingerprint density at radius 1 is 1.18 bits per heavy atom. The summed E-state index contributed by atoms with van der Waals surface area (Å²) in [6, 6.07) is 2.24. The second kappa shape index (κ2) is 8.19. The number of carbonyl (C=O) groups excluding carboxylic acids is 2. The molecule has 7 heteroatoms. The van der Waals surface area contributed by atoms with E-state index in [4.69, 9.17) is 9.15 Å². The summed E-state index contributed by atoms with van der Waals surface area (Å²) in [7, 11) is 0. The molecule has 0 saturated heterocycles. The SMILES string of the molecule is Cc1oc(C)c(C(=O)O[C@H](C)C(=O)Nc2sc3c(c2C#N)CCCCC3)c1C. The van der Waals surface area contributed by atoms with Gasteiger partial charge >= 0.3 is 5.97 Å². The van der Waals surface area contributed by atoms with E-state index >= 15 is 0 Å². The molecule has 2 aromatic rings. The summed E-state index contributed by atoms with van der Waals surface area (Å²) in [5.74, 6) is 0.0930. The van der Waals surface area contributed by atoms with Crippen molar-refractivity contribution in [1.29, 1.82) is 5.26 Å². The smallest absolute Gasteiger partial charge is 0.342 e. The number of fused-ring (bicyclic) bond motifs is 1. The van der Waals surface area contributed by atoms with Crippen molar-refractivity contribution in [2.45, 2.75) is 65.9 Å². The molecular weight excluding hydrogens is 376 g/mol. The molecule has 0 aromatic carbocycles. The normalized spacial score (nSPS) is 14.5. The molecule has 0 bridgehead atoms. The number of esters is 1. The molecule has 0 aliphatic heterocycles. The summed E-state index contributed by atoms with van der Waals surface area (Å²) in [5, 5.41) is 12.9. The Kier molecular flexibility index (Phi) is 5.90. The summed E-state index contributed by atoms with van der Waals surface area (Å²) < 4.78 is 10.8. The number of aryl methyl sites for hydroxylation is 3. The van der Waals surface area contributed by atoms with Gasteiger partial charge in [0.2, 0.25) is 0 Å². The Morgan fingerprint density at radius 3 is 2.54 bits per heavy atom. The van der Waals surface area contributed by atoms with E-state index in [1.807, 2.05) is 0 Å². The number of hydrogen-bond acceptors (Lipinski definition) is 6. The zero-order chi connectivity index (χ0) is 20.4. The van der Waals surface area contributed by atoms with E-state index in [1.54, 1.807) is 20.8 Å². The predicted molar refractivity (Wildman–Crippen MR) is 107 cm³/mol. The number of nitrogens with one attached hydrogen (secondary N) is 1. The molecule has 0 saturated carbocycles. The largest absolute Gasteiger partial charge is 0.465 e. The molecular formula is C21H24N2O4S. The molecule has 3 rings (SSSR count). The number of anilines is 1. The van der Waals surface area contributed by atoms with Crippen LogP contribution in [0.5, 0.6) is 0 Å². The summed E-state index contributed by atoms with van der Waals surface area (Å²) in [4.78, 5) is 26.2. The van der Waals surface area contributed by atoms with Crippen molar-refractivity contribution < 1.29 is 18.7 Å². The molecule has 28 heavy (non-hydrogen) atoms. The number of thiophene rings is 1. The number of nitrogens with zero attached hydrogens (tertiary/aromatic N) is 1. The Hall–Kier alpha value is -2.59. The molecule has 1 amide bonds. The van der Waals surface area contributed by atoms with Crippen LogP contribution in [0, 0.1) is 32.1 Å². The summed E-state index contributed by atoms with van der Waals surface area (Å²) in [6.07, 6.45) is 4.13. The van der Waals surface area contributed by atoms with Gasteiger partial charge in [0.1, 0.15) is 28.2 Å². The van der Waals surface area contributed by atoms with E-state index in [1.165, 1.54) is 23.1 Å². The monoisotopic (exact) mass is 400 g/mol. The van der Waals surface area contributed by atoms with Crippen molar-refractivity contribution in [3.8, 4) is 6.07 Å². The first-order valence-corrected chi connectivity index (χ1v) is 10.3. The number of nitriles is 1. The van der Waals surface area contributed by atoms with Gasteiger partial charge in [-0.2, -0.15) is 5.26 Å². The lowest BCUT2D eigenvalue weighted by molar-refractivity contribution is -0.123. The highest BCUT2D eigenvalue weighted by Gasteiger charge is 2.27. The minimum Gasteiger partial charge on any atom is -0.465 e. The van der Waals surface area contributed by atoms with E-state index in [9.17, 15) is 14.9 Å². The van der Waals surface area contributed by atoms with Crippen LogP contribution in [0.4, 0.5) is 5.00 Å². The summed E-state index contributed by atoms with van der Waals surface area (Å²) >= 11 is 1.46. The Morgan fingerprint density at radius 2 is 1.89 bits per heavy atom. The Balaban J connectivity index is 1.73. The molecule has 2 heterocycles. The maximum absolute atomic E-state index is 12.6. The quantitative estimate of drug-likeness (QED) is 0.598. The predicted octanol–water partition coefficient (Wildman–Crippen LogP) is 4.59. The van der Waals surface area contributed by atoms with Crippen LogP contribution < -0.4 is 5.32 Å². The van der Waals surface area contributed by atoms with Gasteiger partial charge in [-0.25, -0.2) is 4.79 Å². The summed E-state index contributed by atoms with van der Waals surface area (Å²) in [5.41, 5.74) is 2.68. The van der Waals surface area contributed by atoms with Gasteiger partial charge in [-0.3, -0.25) is 4.79 Å². The fourth-order valence-electron chi connectivity index (χ4n) is 3.53. The van der Waals surface area contributed by atoms with Gasteiger partial charge in [-0.05, 0) is 58.9 Å². The number of amides is 1. The third-order valence-corrected chi connectivity index (χ3v) is 6.40. The van der Waals surface area contributed by atoms with Crippen molar-refractivity contribution >= 4 is 28.2 Å². The number of hydrogen-bond donors (Lipinski definition) is 1. The number of rotatable bonds is 4. The molecule has 0 spiro atoms. The van der Waals surface area contributed by atoms with Crippen LogP contribution >= 0.6 is 11.3 Å². The lowest BCUT2D eigenvalue weighted by Crippen LogP contribution is -2.30. The van der Waals surface area contributed by atoms with Crippen molar-refractivity contribution in [1.82, 2.24) is 0 Å². The lowest BCUT2D eigenvalue weighted by atomic mass is 10.1. The fourth-order valence-corrected chi connectivity index (χ4v) is 4.77. The van der Waals surface area contributed by atoms with Gasteiger partial charge in [-0.15, -0.1) is 11.3 Å². The zero-order valence-electron chi connectivity index (χ0n) is 16.6. The minimum atomic E-state index is -0.991. The highest BCUT2D eigenvalue weighted by atomic mass is 32.1. The van der Waals surface area contributed by atoms with Crippen LogP contribution in [0.3, 0.4) is 0 Å². The maximum Gasteiger partial charge on any atom is 0.342 e. The molecule has 0 unspecified atom stereocenters. The molecule has 1 aliphatic rings. The lowest BCUT2D eigenvalue weighted by Gasteiger charge is -2.13. The highest BCUT2D eigenvalue weighted by molar-refractivity contribution is 7.16. The van der Waals surface area contributed by atoms with Crippen LogP contribution in [0.25, 0.3) is 0 Å². The van der Waals surface area contributed by atoms with E-state index < -0.39 is 18.0 Å². The average Bonchev–Trinajstić information content (AvgIpc) is 2.98. The first-order valence-electron chi connectivity index (χ1n) is 9.46. The number of ether oxygens (including phenoxy) is 1. The highest BCUT2D eigenvalue weighted by Crippen LogP contribution is 2.37. The molecule has 0 fully saturated rings. The van der Waals surface area contributed by atoms with E-state index in [0.717, 1.165) is 37.7 Å². The first kappa shape index (κ1) is 20.2. The summed E-state index contributed by atoms with van der Waals surface area (Å²) in [6.45, 7) is 6.78. The Bertz CT molecular complexity index is 964. The van der Waals surface area contributed by atoms with Crippen molar-refractivity contribution in [2.75, 3.05) is 5.32 Å². The van der Waals surface area contributed by atoms with E-state index in [-0.39, 0.29) is 0 Å². The molecule has 1 N–H and O–H groups in total. The topological polar surface area (TPSA) is 92.3 Å². The average molecular weight is 401 g/mol. The van der Waals surface area contributed by atoms with Crippen molar-refractivity contribution in [3.05, 3.63) is 38.7 Å². The number of furan rings is 1. The van der Waals surface area contributed by atoms with Gasteiger partial charge < -0.3 is 14.5 Å². The first-order chi connectivity index (χ1) is 13.3. The molecule has 2 aromatic heterocycles. The molecule has 6 nitrogen and oxygen atoms in total. The van der Waals surface area contributed by atoms with E-state index in [2.05, 4.69) is 11.4 Å². The second-order valence-electron chi connectivity index (χ2n) is 7.13. The second-order valence-corrected chi connectivity index (χ2v) is 8.24. The zero-order valence-corrected chi connectivity index (χ0v) is 17.4. The van der Waals surface area contributed by atoms with Crippen LogP contribution in [0.1, 0.15) is 69.6 Å². The van der Waals surface area contributed by atoms with Crippen molar-refractivity contribution in [2.24, 2.45) is 0 Å². The molecule has 1 aliphatic carbocycles. The van der Waals surface area contributed by atoms with Gasteiger partial charge in [-0.1, -0.05) is 6.42 Å². The van der Waals surface area contributed by atoms with Gasteiger partial charge in [0.15, 0.2) is 6.10 Å². The third-order valence-electron chi connectivity index (χ3n) is 5.19. The minimum absolute atomic E-state index is 0.359. The molecule has 0 radical (unpaired) electrons. The van der Waals surface area contributed by atoms with Gasteiger partial charge in [0.05, 0.1) is 5.56 Å². The molecule has 1 atom stereocenters. The number of carbonyl (C=O) groups is 2. The maximum atomic E-state index is 12.6. The Labute approximate surface area is 168 Å². The standard InChI is InChI=1S/C21H24N2O4S/c1-11-12(2)26-13(3)18(11)21(25)27-14(4)19(24)23-20-16(10-22)15-8-6-5-7-9-17(15)28-20/h14H,5-9H2,1-4H3,(H,23,24)/t14-/m1/s1. The molecule has 148 valence electrons. The van der Waals surface area contributed by atoms with Crippen molar-refractivity contribution in [3.63, 3.8) is 0 Å². The third kappa shape index (κ3) is 3.83. The van der Waals surface area contributed by atoms with Crippen LogP contribution in [0.2, 0.25) is 0 Å². The van der Waals surface area contributed by atoms with Gasteiger partial charge in [0, 0.05) is 10.4 Å².